The van der Waals surface area contributed by atoms with Crippen LogP contribution in [-0.2, 0) is 16.0 Å². The number of anilines is 2. The number of fused-ring (bicyclic) bond motifs is 1. The summed E-state index contributed by atoms with van der Waals surface area (Å²) >= 11 is 5.85. The topological polar surface area (TPSA) is 61.9 Å². The maximum atomic E-state index is 12.3. The van der Waals surface area contributed by atoms with Gasteiger partial charge in [0.05, 0.1) is 6.54 Å². The highest BCUT2D eigenvalue weighted by molar-refractivity contribution is 6.30. The molecule has 0 fully saturated rings. The molecule has 1 N–H and O–H groups in total. The largest absolute Gasteiger partial charge is 0.492 e. The number of nitrogens with one attached hydrogen (secondary N) is 1. The van der Waals surface area contributed by atoms with E-state index in [2.05, 4.69) is 5.32 Å². The highest BCUT2D eigenvalue weighted by atomic mass is 35.5. The Bertz CT molecular complexity index is 854. The summed E-state index contributed by atoms with van der Waals surface area (Å²) in [6, 6.07) is 12.9. The number of amides is 2. The van der Waals surface area contributed by atoms with Crippen LogP contribution in [-0.4, -0.2) is 50.0 Å². The summed E-state index contributed by atoms with van der Waals surface area (Å²) in [5.74, 6) is 0.702. The van der Waals surface area contributed by atoms with E-state index in [1.54, 1.807) is 24.0 Å². The van der Waals surface area contributed by atoms with Crippen molar-refractivity contribution in [3.05, 3.63) is 53.1 Å². The second kappa shape index (κ2) is 9.08. The van der Waals surface area contributed by atoms with Gasteiger partial charge in [0.1, 0.15) is 12.4 Å². The van der Waals surface area contributed by atoms with Gasteiger partial charge in [0.25, 0.3) is 0 Å². The van der Waals surface area contributed by atoms with E-state index in [4.69, 9.17) is 16.3 Å². The minimum absolute atomic E-state index is 0.0398. The molecular formula is C21H24ClN3O3. The van der Waals surface area contributed by atoms with Gasteiger partial charge >= 0.3 is 0 Å². The molecule has 0 atom stereocenters. The van der Waals surface area contributed by atoms with Gasteiger partial charge in [-0.25, -0.2) is 0 Å². The predicted molar refractivity (Wildman–Crippen MR) is 111 cm³/mol. The van der Waals surface area contributed by atoms with Gasteiger partial charge in [0.2, 0.25) is 11.8 Å². The first-order chi connectivity index (χ1) is 13.4. The van der Waals surface area contributed by atoms with Crippen molar-refractivity contribution in [2.24, 2.45) is 0 Å². The van der Waals surface area contributed by atoms with Crippen molar-refractivity contribution >= 4 is 34.8 Å². The summed E-state index contributed by atoms with van der Waals surface area (Å²) in [4.78, 5) is 27.6. The van der Waals surface area contributed by atoms with E-state index in [0.717, 1.165) is 29.1 Å². The third-order valence-corrected chi connectivity index (χ3v) is 4.86. The third-order valence-electron chi connectivity index (χ3n) is 4.61. The maximum Gasteiger partial charge on any atom is 0.238 e. The van der Waals surface area contributed by atoms with E-state index in [0.29, 0.717) is 24.7 Å². The van der Waals surface area contributed by atoms with Crippen molar-refractivity contribution in [2.45, 2.75) is 13.3 Å². The Morgan fingerprint density at radius 3 is 2.68 bits per heavy atom. The highest BCUT2D eigenvalue weighted by Gasteiger charge is 2.22. The van der Waals surface area contributed by atoms with E-state index in [1.165, 1.54) is 0 Å². The van der Waals surface area contributed by atoms with Crippen LogP contribution in [0.4, 0.5) is 11.4 Å². The molecule has 1 aliphatic rings. The smallest absolute Gasteiger partial charge is 0.238 e. The van der Waals surface area contributed by atoms with Crippen LogP contribution in [0.3, 0.4) is 0 Å². The molecule has 0 saturated carbocycles. The zero-order valence-electron chi connectivity index (χ0n) is 16.1. The highest BCUT2D eigenvalue weighted by Crippen LogP contribution is 2.30. The molecular weight excluding hydrogens is 378 g/mol. The molecule has 1 heterocycles. The summed E-state index contributed by atoms with van der Waals surface area (Å²) in [7, 11) is 1.87. The molecule has 0 spiro atoms. The van der Waals surface area contributed by atoms with E-state index < -0.39 is 0 Å². The Morgan fingerprint density at radius 2 is 1.96 bits per heavy atom. The summed E-state index contributed by atoms with van der Waals surface area (Å²) in [6.07, 6.45) is 0.806. The van der Waals surface area contributed by atoms with Crippen LogP contribution in [0.1, 0.15) is 12.5 Å². The van der Waals surface area contributed by atoms with E-state index >= 15 is 0 Å². The lowest BCUT2D eigenvalue weighted by atomic mass is 10.1. The number of nitrogens with zero attached hydrogens (tertiary/aromatic N) is 2. The van der Waals surface area contributed by atoms with Crippen LogP contribution < -0.4 is 15.0 Å². The molecule has 2 aromatic carbocycles. The van der Waals surface area contributed by atoms with Crippen LogP contribution >= 0.6 is 11.6 Å². The number of likely N-dealkylation sites (N-methyl/N-ethyl adjacent to an activating group) is 1. The van der Waals surface area contributed by atoms with E-state index in [-0.39, 0.29) is 18.4 Å². The van der Waals surface area contributed by atoms with Crippen LogP contribution in [0.2, 0.25) is 5.02 Å². The first-order valence-corrected chi connectivity index (χ1v) is 9.58. The molecule has 1 aliphatic heterocycles. The summed E-state index contributed by atoms with van der Waals surface area (Å²) < 4.78 is 5.65. The van der Waals surface area contributed by atoms with Crippen LogP contribution in [0.15, 0.2) is 42.5 Å². The minimum atomic E-state index is -0.0876. The lowest BCUT2D eigenvalue weighted by Gasteiger charge is -2.17. The lowest BCUT2D eigenvalue weighted by Crippen LogP contribution is -2.33. The van der Waals surface area contributed by atoms with Crippen molar-refractivity contribution in [3.8, 4) is 5.75 Å². The van der Waals surface area contributed by atoms with Gasteiger partial charge in [-0.05, 0) is 61.5 Å². The number of hydrogen-bond donors (Lipinski definition) is 1. The van der Waals surface area contributed by atoms with Crippen LogP contribution in [0, 0.1) is 0 Å². The second-order valence-electron chi connectivity index (χ2n) is 6.85. The molecule has 3 rings (SSSR count). The van der Waals surface area contributed by atoms with Gasteiger partial charge in [-0.3, -0.25) is 14.5 Å². The van der Waals surface area contributed by atoms with Crippen molar-refractivity contribution < 1.29 is 14.3 Å². The number of hydrogen-bond acceptors (Lipinski definition) is 4. The second-order valence-corrected chi connectivity index (χ2v) is 7.29. The Hall–Kier alpha value is -2.57. The Morgan fingerprint density at radius 1 is 1.21 bits per heavy atom. The number of ether oxygens (including phenoxy) is 1. The fourth-order valence-corrected chi connectivity index (χ4v) is 3.31. The lowest BCUT2D eigenvalue weighted by molar-refractivity contribution is -0.117. The molecule has 28 heavy (non-hydrogen) atoms. The van der Waals surface area contributed by atoms with Gasteiger partial charge in [-0.2, -0.15) is 0 Å². The van der Waals surface area contributed by atoms with E-state index in [1.807, 2.05) is 42.3 Å². The Labute approximate surface area is 170 Å². The number of rotatable bonds is 7. The third kappa shape index (κ3) is 5.24. The van der Waals surface area contributed by atoms with Gasteiger partial charge in [-0.1, -0.05) is 11.6 Å². The molecule has 2 amide bonds. The van der Waals surface area contributed by atoms with Crippen molar-refractivity contribution in [2.75, 3.05) is 43.5 Å². The molecule has 148 valence electrons. The molecule has 0 aliphatic carbocycles. The molecule has 0 radical (unpaired) electrons. The van der Waals surface area contributed by atoms with Crippen molar-refractivity contribution in [1.29, 1.82) is 0 Å². The molecule has 7 heteroatoms. The van der Waals surface area contributed by atoms with Gasteiger partial charge in [0.15, 0.2) is 0 Å². The van der Waals surface area contributed by atoms with Gasteiger partial charge in [-0.15, -0.1) is 0 Å². The average molecular weight is 402 g/mol. The molecule has 2 aromatic rings. The number of carbonyl (C=O) groups is 2. The summed E-state index contributed by atoms with van der Waals surface area (Å²) in [5, 5.41) is 3.59. The number of benzene rings is 2. The Balaban J connectivity index is 1.45. The summed E-state index contributed by atoms with van der Waals surface area (Å²) in [6.45, 7) is 3.62. The van der Waals surface area contributed by atoms with E-state index in [9.17, 15) is 9.59 Å². The molecule has 0 unspecified atom stereocenters. The summed E-state index contributed by atoms with van der Waals surface area (Å²) in [5.41, 5.74) is 2.76. The SMILES string of the molecule is CC(=O)N1CCc2cc(NC(=O)CN(C)CCOc3ccc(Cl)cc3)ccc21. The maximum absolute atomic E-state index is 12.3. The van der Waals surface area contributed by atoms with Crippen molar-refractivity contribution in [1.82, 2.24) is 4.90 Å². The zero-order chi connectivity index (χ0) is 20.1. The van der Waals surface area contributed by atoms with Gasteiger partial charge < -0.3 is 15.0 Å². The normalized spacial score (nSPS) is 12.8. The van der Waals surface area contributed by atoms with Crippen LogP contribution in [0.5, 0.6) is 5.75 Å². The number of halogens is 1. The standard InChI is InChI=1S/C21H24ClN3O3/c1-15(26)25-10-9-16-13-18(5-8-20(16)25)23-21(27)14-24(2)11-12-28-19-6-3-17(22)4-7-19/h3-8,13H,9-12,14H2,1-2H3,(H,23,27). The average Bonchev–Trinajstić information content (AvgIpc) is 3.06. The number of carbonyl (C=O) groups excluding carboxylic acids is 2. The molecule has 0 aromatic heterocycles. The van der Waals surface area contributed by atoms with Crippen LogP contribution in [0.25, 0.3) is 0 Å². The van der Waals surface area contributed by atoms with Gasteiger partial charge in [0, 0.05) is 36.4 Å². The fourth-order valence-electron chi connectivity index (χ4n) is 3.18. The minimum Gasteiger partial charge on any atom is -0.492 e. The molecule has 0 saturated heterocycles. The molecule has 6 nitrogen and oxygen atoms in total. The fraction of sp³-hybridized carbons (Fsp3) is 0.333. The zero-order valence-corrected chi connectivity index (χ0v) is 16.8. The predicted octanol–water partition coefficient (Wildman–Crippen LogP) is 3.20. The molecule has 0 bridgehead atoms. The quantitative estimate of drug-likeness (QED) is 0.773. The first-order valence-electron chi connectivity index (χ1n) is 9.20. The Kier molecular flexibility index (Phi) is 6.54. The van der Waals surface area contributed by atoms with Crippen molar-refractivity contribution in [3.63, 3.8) is 0 Å². The first kappa shape index (κ1) is 20.2. The monoisotopic (exact) mass is 401 g/mol.